The van der Waals surface area contributed by atoms with Crippen molar-refractivity contribution >= 4 is 35.2 Å². The Bertz CT molecular complexity index is 1090. The number of nitrogens with zero attached hydrogens (tertiary/aromatic N) is 1. The molecule has 0 aliphatic carbocycles. The number of carbonyl (C=O) groups excluding carboxylic acids is 2. The Morgan fingerprint density at radius 1 is 1.12 bits per heavy atom. The van der Waals surface area contributed by atoms with Crippen molar-refractivity contribution in [3.63, 3.8) is 0 Å². The molecule has 1 N–H and O–H groups in total. The molecule has 0 fully saturated rings. The van der Waals surface area contributed by atoms with E-state index in [4.69, 9.17) is 21.1 Å². The Morgan fingerprint density at radius 3 is 2.64 bits per heavy atom. The molecule has 2 aromatic carbocycles. The molecular formula is C25H25ClN2O4S. The third kappa shape index (κ3) is 6.73. The largest absolute Gasteiger partial charge is 0.487 e. The van der Waals surface area contributed by atoms with E-state index in [0.717, 1.165) is 5.56 Å². The quantitative estimate of drug-likeness (QED) is 0.408. The summed E-state index contributed by atoms with van der Waals surface area (Å²) >= 11 is 8.05. The van der Waals surface area contributed by atoms with Crippen molar-refractivity contribution in [2.75, 3.05) is 19.1 Å². The predicted molar refractivity (Wildman–Crippen MR) is 132 cm³/mol. The fourth-order valence-corrected chi connectivity index (χ4v) is 3.95. The lowest BCUT2D eigenvalue weighted by Crippen LogP contribution is -2.42. The minimum atomic E-state index is -0.734. The van der Waals surface area contributed by atoms with Gasteiger partial charge in [-0.3, -0.25) is 9.78 Å². The second kappa shape index (κ2) is 12.3. The number of carbonyl (C=O) groups is 2. The molecule has 1 unspecified atom stereocenters. The van der Waals surface area contributed by atoms with Gasteiger partial charge in [0, 0.05) is 22.3 Å². The molecule has 1 heterocycles. The number of benzene rings is 2. The summed E-state index contributed by atoms with van der Waals surface area (Å²) in [6, 6.07) is 15.6. The highest BCUT2D eigenvalue weighted by Crippen LogP contribution is 2.31. The molecule has 0 bridgehead atoms. The third-order valence-electron chi connectivity index (χ3n) is 4.93. The monoisotopic (exact) mass is 484 g/mol. The maximum atomic E-state index is 13.2. The third-order valence-corrected chi connectivity index (χ3v) is 5.91. The van der Waals surface area contributed by atoms with E-state index < -0.39 is 12.0 Å². The van der Waals surface area contributed by atoms with Crippen LogP contribution in [-0.2, 0) is 16.1 Å². The Morgan fingerprint density at radius 2 is 1.94 bits per heavy atom. The summed E-state index contributed by atoms with van der Waals surface area (Å²) in [5.74, 6) is 0.509. The van der Waals surface area contributed by atoms with E-state index in [1.807, 2.05) is 42.7 Å². The Balaban J connectivity index is 1.91. The van der Waals surface area contributed by atoms with Crippen LogP contribution in [-0.4, -0.2) is 42.0 Å². The molecule has 3 rings (SSSR count). The molecule has 0 radical (unpaired) electrons. The number of amides is 1. The number of hydrogen-bond donors (Lipinski definition) is 1. The van der Waals surface area contributed by atoms with Crippen LogP contribution in [0.4, 0.5) is 0 Å². The molecule has 3 aromatic rings. The van der Waals surface area contributed by atoms with Gasteiger partial charge in [0.1, 0.15) is 18.4 Å². The molecule has 172 valence electrons. The average Bonchev–Trinajstić information content (AvgIpc) is 2.85. The highest BCUT2D eigenvalue weighted by atomic mass is 35.5. The fraction of sp³-hybridized carbons (Fsp3) is 0.240. The minimum Gasteiger partial charge on any atom is -0.487 e. The zero-order valence-corrected chi connectivity index (χ0v) is 20.0. The SMILES string of the molecule is COC(=O)C(CCSC)NC(=O)c1ccc(COc2cccnc2)cc1-c1ccccc1Cl. The van der Waals surface area contributed by atoms with Crippen LogP contribution in [0.5, 0.6) is 5.75 Å². The van der Waals surface area contributed by atoms with E-state index >= 15 is 0 Å². The van der Waals surface area contributed by atoms with Crippen molar-refractivity contribution < 1.29 is 19.1 Å². The molecule has 0 aliphatic heterocycles. The van der Waals surface area contributed by atoms with E-state index in [0.29, 0.717) is 46.2 Å². The van der Waals surface area contributed by atoms with Crippen molar-refractivity contribution in [2.24, 2.45) is 0 Å². The Hall–Kier alpha value is -3.03. The second-order valence-electron chi connectivity index (χ2n) is 7.17. The van der Waals surface area contributed by atoms with Gasteiger partial charge in [0.2, 0.25) is 0 Å². The first-order valence-corrected chi connectivity index (χ1v) is 12.1. The van der Waals surface area contributed by atoms with E-state index in [1.165, 1.54) is 7.11 Å². The van der Waals surface area contributed by atoms with Gasteiger partial charge in [-0.25, -0.2) is 4.79 Å². The summed E-state index contributed by atoms with van der Waals surface area (Å²) in [5, 5.41) is 3.33. The van der Waals surface area contributed by atoms with E-state index in [9.17, 15) is 9.59 Å². The Kier molecular flexibility index (Phi) is 9.15. The minimum absolute atomic E-state index is 0.295. The van der Waals surface area contributed by atoms with Gasteiger partial charge in [0.15, 0.2) is 0 Å². The predicted octanol–water partition coefficient (Wildman–Crippen LogP) is 5.01. The molecule has 0 aliphatic rings. The number of esters is 1. The molecule has 1 atom stereocenters. The molecule has 0 spiro atoms. The number of rotatable bonds is 10. The molecule has 1 aromatic heterocycles. The summed E-state index contributed by atoms with van der Waals surface area (Å²) in [4.78, 5) is 29.5. The first-order valence-electron chi connectivity index (χ1n) is 10.3. The van der Waals surface area contributed by atoms with Gasteiger partial charge in [0.05, 0.1) is 13.3 Å². The molecule has 33 heavy (non-hydrogen) atoms. The highest BCUT2D eigenvalue weighted by molar-refractivity contribution is 7.98. The molecule has 0 saturated carbocycles. The van der Waals surface area contributed by atoms with E-state index in [1.54, 1.807) is 42.4 Å². The summed E-state index contributed by atoms with van der Waals surface area (Å²) in [6.07, 6.45) is 5.73. The number of hydrogen-bond acceptors (Lipinski definition) is 6. The van der Waals surface area contributed by atoms with Crippen LogP contribution in [0, 0.1) is 0 Å². The van der Waals surface area contributed by atoms with Gasteiger partial charge in [0.25, 0.3) is 5.91 Å². The van der Waals surface area contributed by atoms with Crippen LogP contribution >= 0.6 is 23.4 Å². The summed E-state index contributed by atoms with van der Waals surface area (Å²) < 4.78 is 10.7. The lowest BCUT2D eigenvalue weighted by Gasteiger charge is -2.18. The van der Waals surface area contributed by atoms with Crippen molar-refractivity contribution in [3.8, 4) is 16.9 Å². The van der Waals surface area contributed by atoms with Crippen molar-refractivity contribution in [1.82, 2.24) is 10.3 Å². The van der Waals surface area contributed by atoms with Gasteiger partial charge in [-0.15, -0.1) is 0 Å². The zero-order valence-electron chi connectivity index (χ0n) is 18.4. The number of thioether (sulfide) groups is 1. The maximum absolute atomic E-state index is 13.2. The van der Waals surface area contributed by atoms with Gasteiger partial charge < -0.3 is 14.8 Å². The normalized spacial score (nSPS) is 11.5. The molecule has 0 saturated heterocycles. The van der Waals surface area contributed by atoms with E-state index in [2.05, 4.69) is 10.3 Å². The van der Waals surface area contributed by atoms with Crippen LogP contribution in [0.1, 0.15) is 22.3 Å². The molecule has 1 amide bonds. The van der Waals surface area contributed by atoms with Crippen molar-refractivity contribution in [1.29, 1.82) is 0 Å². The topological polar surface area (TPSA) is 77.5 Å². The smallest absolute Gasteiger partial charge is 0.328 e. The molecule has 8 heteroatoms. The standard InChI is InChI=1S/C25H25ClN2O4S/c1-31-25(30)23(11-13-33-2)28-24(29)20-10-9-17(16-32-18-6-5-12-27-15-18)14-21(20)19-7-3-4-8-22(19)26/h3-10,12,14-15,23H,11,13,16H2,1-2H3,(H,28,29). The molecular weight excluding hydrogens is 460 g/mol. The lowest BCUT2D eigenvalue weighted by atomic mass is 9.96. The molecule has 6 nitrogen and oxygen atoms in total. The van der Waals surface area contributed by atoms with Crippen molar-refractivity contribution in [2.45, 2.75) is 19.1 Å². The summed E-state index contributed by atoms with van der Waals surface area (Å²) in [5.41, 5.74) is 2.63. The number of pyridine rings is 1. The number of ether oxygens (including phenoxy) is 2. The number of halogens is 1. The second-order valence-corrected chi connectivity index (χ2v) is 8.56. The summed E-state index contributed by atoms with van der Waals surface area (Å²) in [6.45, 7) is 0.295. The number of methoxy groups -OCH3 is 1. The lowest BCUT2D eigenvalue weighted by molar-refractivity contribution is -0.142. The highest BCUT2D eigenvalue weighted by Gasteiger charge is 2.24. The van der Waals surface area contributed by atoms with Gasteiger partial charge in [-0.2, -0.15) is 11.8 Å². The summed E-state index contributed by atoms with van der Waals surface area (Å²) in [7, 11) is 1.31. The van der Waals surface area contributed by atoms with E-state index in [-0.39, 0.29) is 5.91 Å². The maximum Gasteiger partial charge on any atom is 0.328 e. The van der Waals surface area contributed by atoms with Gasteiger partial charge in [-0.1, -0.05) is 35.9 Å². The van der Waals surface area contributed by atoms with Gasteiger partial charge in [-0.05, 0) is 59.9 Å². The van der Waals surface area contributed by atoms with Crippen LogP contribution in [0.25, 0.3) is 11.1 Å². The van der Waals surface area contributed by atoms with Crippen LogP contribution in [0.3, 0.4) is 0 Å². The van der Waals surface area contributed by atoms with Gasteiger partial charge >= 0.3 is 5.97 Å². The van der Waals surface area contributed by atoms with Crippen LogP contribution < -0.4 is 10.1 Å². The number of aromatic nitrogens is 1. The van der Waals surface area contributed by atoms with Crippen LogP contribution in [0.15, 0.2) is 67.0 Å². The first-order chi connectivity index (χ1) is 16.0. The fourth-order valence-electron chi connectivity index (χ4n) is 3.24. The average molecular weight is 485 g/mol. The first kappa shape index (κ1) is 24.6. The zero-order chi connectivity index (χ0) is 23.6. The van der Waals surface area contributed by atoms with Crippen LogP contribution in [0.2, 0.25) is 5.02 Å². The number of nitrogens with one attached hydrogen (secondary N) is 1. The van der Waals surface area contributed by atoms with Crippen molar-refractivity contribution in [3.05, 3.63) is 83.1 Å². The Labute approximate surface area is 202 Å².